The highest BCUT2D eigenvalue weighted by atomic mass is 16.6. The summed E-state index contributed by atoms with van der Waals surface area (Å²) in [5, 5.41) is 2.66. The maximum Gasteiger partial charge on any atom is 0.408 e. The fourth-order valence-corrected chi connectivity index (χ4v) is 3.40. The molecule has 2 aromatic rings. The smallest absolute Gasteiger partial charge is 0.408 e. The fourth-order valence-electron chi connectivity index (χ4n) is 3.40. The molecule has 0 spiro atoms. The number of nitrogens with one attached hydrogen (secondary N) is 1. The van der Waals surface area contributed by atoms with Crippen molar-refractivity contribution < 1.29 is 14.3 Å². The number of ether oxygens (including phenoxy) is 1. The van der Waals surface area contributed by atoms with E-state index in [9.17, 15) is 9.59 Å². The van der Waals surface area contributed by atoms with Crippen LogP contribution in [0.5, 0.6) is 0 Å². The standard InChI is InChI=1S/C21H27N3O3/c1-15(22-20(26)27-21(2,3)4)19(25)24-14-13-23-12-8-11-17(23)18(24)16-9-6-5-7-10-16/h5-12,15,18H,13-14H2,1-4H3,(H,22,26)/t15-,18-/m0/s1. The van der Waals surface area contributed by atoms with E-state index in [4.69, 9.17) is 4.74 Å². The molecule has 0 saturated heterocycles. The number of fused-ring (bicyclic) bond motifs is 1. The lowest BCUT2D eigenvalue weighted by atomic mass is 9.99. The van der Waals surface area contributed by atoms with E-state index in [1.807, 2.05) is 53.6 Å². The lowest BCUT2D eigenvalue weighted by Crippen LogP contribution is -2.51. The predicted octanol–water partition coefficient (Wildman–Crippen LogP) is 3.33. The maximum absolute atomic E-state index is 13.2. The summed E-state index contributed by atoms with van der Waals surface area (Å²) in [7, 11) is 0. The van der Waals surface area contributed by atoms with Crippen LogP contribution in [0.4, 0.5) is 4.79 Å². The molecule has 27 heavy (non-hydrogen) atoms. The van der Waals surface area contributed by atoms with Gasteiger partial charge in [0, 0.05) is 25.0 Å². The Morgan fingerprint density at radius 2 is 1.81 bits per heavy atom. The van der Waals surface area contributed by atoms with Gasteiger partial charge in [0.1, 0.15) is 11.6 Å². The first kappa shape index (κ1) is 19.0. The third-order valence-corrected chi connectivity index (χ3v) is 4.54. The first-order chi connectivity index (χ1) is 12.8. The van der Waals surface area contributed by atoms with E-state index >= 15 is 0 Å². The third-order valence-electron chi connectivity index (χ3n) is 4.54. The monoisotopic (exact) mass is 369 g/mol. The van der Waals surface area contributed by atoms with Gasteiger partial charge in [-0.1, -0.05) is 30.3 Å². The molecule has 144 valence electrons. The number of aromatic nitrogens is 1. The van der Waals surface area contributed by atoms with E-state index < -0.39 is 17.7 Å². The van der Waals surface area contributed by atoms with Crippen molar-refractivity contribution in [2.75, 3.05) is 6.54 Å². The van der Waals surface area contributed by atoms with Gasteiger partial charge in [-0.15, -0.1) is 0 Å². The van der Waals surface area contributed by atoms with Crippen molar-refractivity contribution in [3.05, 3.63) is 59.9 Å². The van der Waals surface area contributed by atoms with Crippen LogP contribution in [-0.2, 0) is 16.1 Å². The number of alkyl carbamates (subject to hydrolysis) is 1. The molecule has 0 fully saturated rings. The van der Waals surface area contributed by atoms with Crippen LogP contribution in [-0.4, -0.2) is 39.7 Å². The summed E-state index contributed by atoms with van der Waals surface area (Å²) >= 11 is 0. The lowest BCUT2D eigenvalue weighted by Gasteiger charge is -2.38. The van der Waals surface area contributed by atoms with E-state index in [-0.39, 0.29) is 11.9 Å². The van der Waals surface area contributed by atoms with Gasteiger partial charge in [0.2, 0.25) is 5.91 Å². The van der Waals surface area contributed by atoms with Gasteiger partial charge in [-0.25, -0.2) is 4.79 Å². The SMILES string of the molecule is C[C@H](NC(=O)OC(C)(C)C)C(=O)N1CCn2cccc2[C@@H]1c1ccccc1. The van der Waals surface area contributed by atoms with Crippen LogP contribution < -0.4 is 5.32 Å². The van der Waals surface area contributed by atoms with Crippen molar-refractivity contribution in [1.29, 1.82) is 0 Å². The number of benzene rings is 1. The van der Waals surface area contributed by atoms with Gasteiger partial charge in [0.25, 0.3) is 0 Å². The molecule has 6 nitrogen and oxygen atoms in total. The molecule has 1 N–H and O–H groups in total. The summed E-state index contributed by atoms with van der Waals surface area (Å²) in [6.45, 7) is 8.40. The Bertz CT molecular complexity index is 808. The normalized spacial score (nSPS) is 17.8. The van der Waals surface area contributed by atoms with Crippen LogP contribution in [0.3, 0.4) is 0 Å². The van der Waals surface area contributed by atoms with Crippen LogP contribution in [0.1, 0.15) is 45.0 Å². The molecular weight excluding hydrogens is 342 g/mol. The van der Waals surface area contributed by atoms with Crippen molar-refractivity contribution in [3.63, 3.8) is 0 Å². The fraction of sp³-hybridized carbons (Fsp3) is 0.429. The number of hydrogen-bond donors (Lipinski definition) is 1. The molecule has 0 aliphatic carbocycles. The Morgan fingerprint density at radius 3 is 2.48 bits per heavy atom. The predicted molar refractivity (Wildman–Crippen MR) is 103 cm³/mol. The number of hydrogen-bond acceptors (Lipinski definition) is 3. The van der Waals surface area contributed by atoms with Crippen LogP contribution in [0.15, 0.2) is 48.7 Å². The summed E-state index contributed by atoms with van der Waals surface area (Å²) in [5.74, 6) is -0.123. The zero-order valence-electron chi connectivity index (χ0n) is 16.3. The van der Waals surface area contributed by atoms with Crippen LogP contribution >= 0.6 is 0 Å². The molecule has 0 radical (unpaired) electrons. The van der Waals surface area contributed by atoms with Gasteiger partial charge in [0.15, 0.2) is 0 Å². The van der Waals surface area contributed by atoms with E-state index in [0.717, 1.165) is 17.8 Å². The van der Waals surface area contributed by atoms with Crippen LogP contribution in [0, 0.1) is 0 Å². The molecule has 2 amide bonds. The molecule has 6 heteroatoms. The van der Waals surface area contributed by atoms with Gasteiger partial charge >= 0.3 is 6.09 Å². The molecule has 3 rings (SSSR count). The Kier molecular flexibility index (Phi) is 5.26. The summed E-state index contributed by atoms with van der Waals surface area (Å²) in [6.07, 6.45) is 1.45. The summed E-state index contributed by atoms with van der Waals surface area (Å²) in [6, 6.07) is 13.2. The molecule has 0 unspecified atom stereocenters. The highest BCUT2D eigenvalue weighted by Crippen LogP contribution is 2.32. The number of rotatable bonds is 3. The van der Waals surface area contributed by atoms with Gasteiger partial charge in [0.05, 0.1) is 6.04 Å². The largest absolute Gasteiger partial charge is 0.444 e. The van der Waals surface area contributed by atoms with Crippen molar-refractivity contribution in [1.82, 2.24) is 14.8 Å². The Hall–Kier alpha value is -2.76. The Labute approximate surface area is 160 Å². The molecule has 1 aromatic carbocycles. The molecule has 1 aliphatic heterocycles. The topological polar surface area (TPSA) is 63.6 Å². The first-order valence-electron chi connectivity index (χ1n) is 9.26. The quantitative estimate of drug-likeness (QED) is 0.903. The van der Waals surface area contributed by atoms with Gasteiger partial charge < -0.3 is 19.5 Å². The zero-order valence-corrected chi connectivity index (χ0v) is 16.3. The van der Waals surface area contributed by atoms with Crippen LogP contribution in [0.25, 0.3) is 0 Å². The second-order valence-corrected chi connectivity index (χ2v) is 7.84. The van der Waals surface area contributed by atoms with Crippen LogP contribution in [0.2, 0.25) is 0 Å². The molecule has 2 atom stereocenters. The summed E-state index contributed by atoms with van der Waals surface area (Å²) < 4.78 is 7.45. The molecule has 2 heterocycles. The van der Waals surface area contributed by atoms with E-state index in [2.05, 4.69) is 9.88 Å². The van der Waals surface area contributed by atoms with Crippen molar-refractivity contribution >= 4 is 12.0 Å². The van der Waals surface area contributed by atoms with Crippen molar-refractivity contribution in [2.24, 2.45) is 0 Å². The molecule has 0 bridgehead atoms. The number of carbonyl (C=O) groups is 2. The second-order valence-electron chi connectivity index (χ2n) is 7.84. The van der Waals surface area contributed by atoms with Gasteiger partial charge in [-0.2, -0.15) is 0 Å². The minimum Gasteiger partial charge on any atom is -0.444 e. The third kappa shape index (κ3) is 4.32. The molecule has 0 saturated carbocycles. The van der Waals surface area contributed by atoms with E-state index in [1.54, 1.807) is 27.7 Å². The second kappa shape index (κ2) is 7.47. The molecule has 1 aliphatic rings. The highest BCUT2D eigenvalue weighted by Gasteiger charge is 2.34. The first-order valence-corrected chi connectivity index (χ1v) is 9.26. The Balaban J connectivity index is 1.81. The number of nitrogens with zero attached hydrogens (tertiary/aromatic N) is 2. The molecule has 1 aromatic heterocycles. The summed E-state index contributed by atoms with van der Waals surface area (Å²) in [5.41, 5.74) is 1.52. The van der Waals surface area contributed by atoms with Gasteiger partial charge in [-0.05, 0) is 45.4 Å². The average molecular weight is 369 g/mol. The highest BCUT2D eigenvalue weighted by molar-refractivity contribution is 5.86. The Morgan fingerprint density at radius 1 is 1.11 bits per heavy atom. The minimum absolute atomic E-state index is 0.123. The lowest BCUT2D eigenvalue weighted by molar-refractivity contribution is -0.135. The van der Waals surface area contributed by atoms with Crippen molar-refractivity contribution in [2.45, 2.75) is 51.9 Å². The van der Waals surface area contributed by atoms with E-state index in [0.29, 0.717) is 6.54 Å². The average Bonchev–Trinajstić information content (AvgIpc) is 3.07. The van der Waals surface area contributed by atoms with Gasteiger partial charge in [-0.3, -0.25) is 4.79 Å². The number of amides is 2. The zero-order chi connectivity index (χ0) is 19.6. The number of carbonyl (C=O) groups excluding carboxylic acids is 2. The van der Waals surface area contributed by atoms with Crippen molar-refractivity contribution in [3.8, 4) is 0 Å². The summed E-state index contributed by atoms with van der Waals surface area (Å²) in [4.78, 5) is 27.1. The molecular formula is C21H27N3O3. The van der Waals surface area contributed by atoms with E-state index in [1.165, 1.54) is 0 Å². The minimum atomic E-state index is -0.674. The maximum atomic E-state index is 13.2.